The molecule has 0 aliphatic rings. The summed E-state index contributed by atoms with van der Waals surface area (Å²) >= 11 is 11.7. The predicted octanol–water partition coefficient (Wildman–Crippen LogP) is 5.48. The molecule has 1 heterocycles. The number of fused-ring (bicyclic) bond motifs is 1. The highest BCUT2D eigenvalue weighted by atomic mass is 35.5. The van der Waals surface area contributed by atoms with E-state index in [2.05, 4.69) is 9.44 Å². The first-order valence-electron chi connectivity index (χ1n) is 8.84. The molecule has 12 heteroatoms. The van der Waals surface area contributed by atoms with Crippen LogP contribution in [0.4, 0.5) is 15.8 Å². The van der Waals surface area contributed by atoms with E-state index in [9.17, 15) is 21.2 Å². The summed E-state index contributed by atoms with van der Waals surface area (Å²) in [4.78, 5) is -0.315. The lowest BCUT2D eigenvalue weighted by atomic mass is 10.3. The molecule has 0 unspecified atom stereocenters. The molecule has 1 aromatic heterocycles. The minimum atomic E-state index is -4.23. The summed E-state index contributed by atoms with van der Waals surface area (Å²) in [5, 5.41) is -0.0132. The van der Waals surface area contributed by atoms with E-state index in [1.54, 1.807) is 24.3 Å². The molecule has 4 aromatic rings. The zero-order valence-electron chi connectivity index (χ0n) is 15.8. The molecule has 0 saturated heterocycles. The summed E-state index contributed by atoms with van der Waals surface area (Å²) in [5.74, 6) is -0.781. The zero-order valence-corrected chi connectivity index (χ0v) is 19.0. The number of furan rings is 1. The minimum Gasteiger partial charge on any atom is -0.443 e. The van der Waals surface area contributed by atoms with Gasteiger partial charge in [-0.2, -0.15) is 8.42 Å². The highest BCUT2D eigenvalue weighted by molar-refractivity contribution is 7.93. The molecule has 3 aromatic carbocycles. The van der Waals surface area contributed by atoms with Gasteiger partial charge < -0.3 is 4.42 Å². The molecule has 0 atom stereocenters. The van der Waals surface area contributed by atoms with E-state index in [-0.39, 0.29) is 31.4 Å². The van der Waals surface area contributed by atoms with Crippen LogP contribution in [-0.2, 0) is 20.0 Å². The summed E-state index contributed by atoms with van der Waals surface area (Å²) in [7, 11) is -8.46. The Morgan fingerprint density at radius 2 is 1.50 bits per heavy atom. The third-order valence-corrected chi connectivity index (χ3v) is 7.45. The highest BCUT2D eigenvalue weighted by Crippen LogP contribution is 2.32. The van der Waals surface area contributed by atoms with E-state index in [4.69, 9.17) is 27.6 Å². The standard InChI is InChI=1S/C20H13Cl2FN2O5S2/c21-13-5-8-17(24-31(26,27)14-6-7-16(23)15(22)11-14)18(10-13)25-32(28,29)20-9-12-3-1-2-4-19(12)30-20/h1-11,24-25H. The van der Waals surface area contributed by atoms with Crippen LogP contribution in [0.15, 0.2) is 81.1 Å². The molecule has 2 N–H and O–H groups in total. The van der Waals surface area contributed by atoms with Gasteiger partial charge in [0.25, 0.3) is 20.0 Å². The Kier molecular flexibility index (Phi) is 5.80. The SMILES string of the molecule is O=S(=O)(Nc1ccc(Cl)cc1NS(=O)(=O)c1cc2ccccc2o1)c1ccc(F)c(Cl)c1. The van der Waals surface area contributed by atoms with Gasteiger partial charge in [-0.25, -0.2) is 12.8 Å². The number of nitrogens with one attached hydrogen (secondary N) is 2. The molecule has 0 saturated carbocycles. The monoisotopic (exact) mass is 514 g/mol. The van der Waals surface area contributed by atoms with Gasteiger partial charge in [0.1, 0.15) is 11.4 Å². The van der Waals surface area contributed by atoms with Crippen molar-refractivity contribution in [2.24, 2.45) is 0 Å². The van der Waals surface area contributed by atoms with Crippen molar-refractivity contribution in [3.63, 3.8) is 0 Å². The summed E-state index contributed by atoms with van der Waals surface area (Å²) in [6, 6.07) is 14.8. The van der Waals surface area contributed by atoms with Crippen molar-refractivity contribution >= 4 is 65.6 Å². The average Bonchev–Trinajstić information content (AvgIpc) is 3.17. The van der Waals surface area contributed by atoms with Crippen LogP contribution in [0.2, 0.25) is 10.0 Å². The molecule has 0 radical (unpaired) electrons. The Morgan fingerprint density at radius 3 is 2.22 bits per heavy atom. The van der Waals surface area contributed by atoms with Crippen LogP contribution in [0.5, 0.6) is 0 Å². The van der Waals surface area contributed by atoms with Crippen LogP contribution in [0, 0.1) is 5.82 Å². The largest absolute Gasteiger partial charge is 0.443 e. The van der Waals surface area contributed by atoms with E-state index in [1.165, 1.54) is 24.3 Å². The van der Waals surface area contributed by atoms with E-state index in [0.29, 0.717) is 11.0 Å². The molecule has 0 bridgehead atoms. The normalized spacial score (nSPS) is 12.1. The molecule has 0 aliphatic heterocycles. The van der Waals surface area contributed by atoms with Crippen molar-refractivity contribution in [1.29, 1.82) is 0 Å². The Morgan fingerprint density at radius 1 is 0.781 bits per heavy atom. The number of hydrogen-bond acceptors (Lipinski definition) is 5. The minimum absolute atomic E-state index is 0.116. The quantitative estimate of drug-likeness (QED) is 0.354. The van der Waals surface area contributed by atoms with E-state index >= 15 is 0 Å². The molecule has 0 amide bonds. The van der Waals surface area contributed by atoms with Crippen molar-refractivity contribution in [2.45, 2.75) is 9.99 Å². The van der Waals surface area contributed by atoms with Crippen LogP contribution in [0.3, 0.4) is 0 Å². The van der Waals surface area contributed by atoms with Gasteiger partial charge in [-0.1, -0.05) is 41.4 Å². The molecule has 0 spiro atoms. The second-order valence-electron chi connectivity index (χ2n) is 6.58. The number of anilines is 2. The maximum atomic E-state index is 13.4. The van der Waals surface area contributed by atoms with E-state index in [1.807, 2.05) is 0 Å². The summed E-state index contributed by atoms with van der Waals surface area (Å²) in [6.45, 7) is 0. The third-order valence-electron chi connectivity index (χ3n) is 4.34. The smallest absolute Gasteiger partial charge is 0.295 e. The Labute approximate surface area is 192 Å². The van der Waals surface area contributed by atoms with Gasteiger partial charge in [-0.15, -0.1) is 0 Å². The van der Waals surface area contributed by atoms with Gasteiger partial charge in [0.05, 0.1) is 21.3 Å². The molecule has 32 heavy (non-hydrogen) atoms. The second kappa shape index (κ2) is 8.28. The van der Waals surface area contributed by atoms with Crippen molar-refractivity contribution in [3.05, 3.63) is 82.6 Å². The fourth-order valence-corrected chi connectivity index (χ4v) is 5.39. The lowest BCUT2D eigenvalue weighted by Gasteiger charge is -2.14. The summed E-state index contributed by atoms with van der Waals surface area (Å²) in [5.41, 5.74) is 0.109. The number of hydrogen-bond donors (Lipinski definition) is 2. The second-order valence-corrected chi connectivity index (χ2v) is 10.7. The number of sulfonamides is 2. The molecular weight excluding hydrogens is 502 g/mol. The topological polar surface area (TPSA) is 105 Å². The molecule has 0 fully saturated rings. The lowest BCUT2D eigenvalue weighted by Crippen LogP contribution is -2.17. The maximum Gasteiger partial charge on any atom is 0.295 e. The van der Waals surface area contributed by atoms with Crippen molar-refractivity contribution < 1.29 is 25.6 Å². The van der Waals surface area contributed by atoms with Gasteiger partial charge >= 0.3 is 0 Å². The first-order chi connectivity index (χ1) is 15.0. The average molecular weight is 515 g/mol. The Hall–Kier alpha value is -2.79. The van der Waals surface area contributed by atoms with Crippen molar-refractivity contribution in [3.8, 4) is 0 Å². The molecule has 4 rings (SSSR count). The van der Waals surface area contributed by atoms with Gasteiger partial charge in [0.2, 0.25) is 5.09 Å². The molecule has 0 aliphatic carbocycles. The fourth-order valence-electron chi connectivity index (χ4n) is 2.82. The predicted molar refractivity (Wildman–Crippen MR) is 121 cm³/mol. The molecule has 7 nitrogen and oxygen atoms in total. The number of halogens is 3. The van der Waals surface area contributed by atoms with E-state index < -0.39 is 25.9 Å². The van der Waals surface area contributed by atoms with Crippen LogP contribution >= 0.6 is 23.2 Å². The van der Waals surface area contributed by atoms with Gasteiger partial charge in [0, 0.05) is 16.5 Å². The van der Waals surface area contributed by atoms with Crippen molar-refractivity contribution in [1.82, 2.24) is 0 Å². The van der Waals surface area contributed by atoms with E-state index in [0.717, 1.165) is 18.2 Å². The zero-order chi connectivity index (χ0) is 23.1. The Bertz CT molecular complexity index is 1520. The lowest BCUT2D eigenvalue weighted by molar-refractivity contribution is 0.484. The van der Waals surface area contributed by atoms with Crippen LogP contribution < -0.4 is 9.44 Å². The third kappa shape index (κ3) is 4.53. The first-order valence-corrected chi connectivity index (χ1v) is 12.6. The van der Waals surface area contributed by atoms with Crippen molar-refractivity contribution in [2.75, 3.05) is 9.44 Å². The summed E-state index contributed by atoms with van der Waals surface area (Å²) in [6.07, 6.45) is 0. The number of para-hydroxylation sites is 1. The molecule has 166 valence electrons. The molecular formula is C20H13Cl2FN2O5S2. The van der Waals surface area contributed by atoms with Gasteiger partial charge in [-0.3, -0.25) is 9.44 Å². The van der Waals surface area contributed by atoms with Crippen LogP contribution in [0.25, 0.3) is 11.0 Å². The van der Waals surface area contributed by atoms with Crippen LogP contribution in [0.1, 0.15) is 0 Å². The van der Waals surface area contributed by atoms with Gasteiger partial charge in [0.15, 0.2) is 0 Å². The first kappa shape index (κ1) is 22.4. The fraction of sp³-hybridized carbons (Fsp3) is 0. The number of benzene rings is 3. The Balaban J connectivity index is 1.69. The highest BCUT2D eigenvalue weighted by Gasteiger charge is 2.23. The van der Waals surface area contributed by atoms with Gasteiger partial charge in [-0.05, 0) is 42.5 Å². The van der Waals surface area contributed by atoms with Crippen LogP contribution in [-0.4, -0.2) is 16.8 Å². The summed E-state index contributed by atoms with van der Waals surface area (Å²) < 4.78 is 74.5. The maximum absolute atomic E-state index is 13.4. The number of rotatable bonds is 6.